The van der Waals surface area contributed by atoms with Gasteiger partial charge < -0.3 is 10.2 Å². The van der Waals surface area contributed by atoms with Crippen LogP contribution in [0.4, 0.5) is 11.5 Å². The zero-order valence-corrected chi connectivity index (χ0v) is 12.1. The van der Waals surface area contributed by atoms with Crippen LogP contribution in [-0.4, -0.2) is 35.4 Å². The minimum Gasteiger partial charge on any atom is -0.356 e. The van der Waals surface area contributed by atoms with E-state index in [4.69, 9.17) is 0 Å². The molecule has 114 valence electrons. The summed E-state index contributed by atoms with van der Waals surface area (Å²) in [6, 6.07) is 3.09. The van der Waals surface area contributed by atoms with Gasteiger partial charge in [-0.3, -0.25) is 14.9 Å². The highest BCUT2D eigenvalue weighted by molar-refractivity contribution is 5.79. The number of rotatable bonds is 5. The second-order valence-corrected chi connectivity index (χ2v) is 5.21. The number of carbonyl (C=O) groups excluding carboxylic acids is 1. The fourth-order valence-electron chi connectivity index (χ4n) is 2.47. The molecule has 0 bridgehead atoms. The Morgan fingerprint density at radius 1 is 1.57 bits per heavy atom. The molecule has 1 unspecified atom stereocenters. The topological polar surface area (TPSA) is 88.4 Å². The Bertz CT molecular complexity index is 503. The average Bonchev–Trinajstić information content (AvgIpc) is 2.52. The Labute approximate surface area is 123 Å². The van der Waals surface area contributed by atoms with Crippen molar-refractivity contribution >= 4 is 17.4 Å². The normalized spacial score (nSPS) is 18.3. The standard InChI is InChI=1S/C14H20N4O3/c1-2-7-15-14(19)11-4-3-8-17(10-11)13-6-5-12(9-16-13)18(20)21/h5-6,9,11H,2-4,7-8,10H2,1H3,(H,15,19). The van der Waals surface area contributed by atoms with E-state index in [1.807, 2.05) is 11.8 Å². The number of amides is 1. The molecule has 0 saturated carbocycles. The molecule has 1 aromatic rings. The molecule has 7 heteroatoms. The molecule has 0 spiro atoms. The number of nitrogens with one attached hydrogen (secondary N) is 1. The summed E-state index contributed by atoms with van der Waals surface area (Å²) in [6.07, 6.45) is 3.98. The van der Waals surface area contributed by atoms with Crippen LogP contribution >= 0.6 is 0 Å². The van der Waals surface area contributed by atoms with E-state index in [0.29, 0.717) is 18.9 Å². The Balaban J connectivity index is 2.00. The van der Waals surface area contributed by atoms with Gasteiger partial charge in [0.1, 0.15) is 12.0 Å². The molecule has 1 amide bonds. The third-order valence-corrected chi connectivity index (χ3v) is 3.61. The summed E-state index contributed by atoms with van der Waals surface area (Å²) in [5.74, 6) is 0.736. The van der Waals surface area contributed by atoms with E-state index in [2.05, 4.69) is 10.3 Å². The second kappa shape index (κ2) is 7.01. The monoisotopic (exact) mass is 292 g/mol. The quantitative estimate of drug-likeness (QED) is 0.659. The van der Waals surface area contributed by atoms with E-state index >= 15 is 0 Å². The molecule has 1 N–H and O–H groups in total. The van der Waals surface area contributed by atoms with E-state index in [9.17, 15) is 14.9 Å². The van der Waals surface area contributed by atoms with E-state index in [-0.39, 0.29) is 17.5 Å². The van der Waals surface area contributed by atoms with Crippen LogP contribution in [0.1, 0.15) is 26.2 Å². The van der Waals surface area contributed by atoms with Crippen molar-refractivity contribution in [2.45, 2.75) is 26.2 Å². The molecule has 1 atom stereocenters. The predicted molar refractivity (Wildman–Crippen MR) is 79.1 cm³/mol. The van der Waals surface area contributed by atoms with Gasteiger partial charge in [0.15, 0.2) is 0 Å². The van der Waals surface area contributed by atoms with Gasteiger partial charge in [-0.1, -0.05) is 6.92 Å². The van der Waals surface area contributed by atoms with Crippen molar-refractivity contribution in [1.29, 1.82) is 0 Å². The van der Waals surface area contributed by atoms with E-state index in [0.717, 1.165) is 25.8 Å². The van der Waals surface area contributed by atoms with Crippen molar-refractivity contribution in [2.24, 2.45) is 5.92 Å². The van der Waals surface area contributed by atoms with Gasteiger partial charge >= 0.3 is 0 Å². The summed E-state index contributed by atoms with van der Waals surface area (Å²) in [6.45, 7) is 4.15. The van der Waals surface area contributed by atoms with Crippen LogP contribution in [0, 0.1) is 16.0 Å². The maximum absolute atomic E-state index is 12.0. The molecule has 0 aromatic carbocycles. The minimum absolute atomic E-state index is 0.0204. The van der Waals surface area contributed by atoms with Crippen LogP contribution in [0.5, 0.6) is 0 Å². The summed E-state index contributed by atoms with van der Waals surface area (Å²) in [7, 11) is 0. The first-order chi connectivity index (χ1) is 10.1. The highest BCUT2D eigenvalue weighted by Gasteiger charge is 2.26. The molecule has 1 fully saturated rings. The fourth-order valence-corrected chi connectivity index (χ4v) is 2.47. The number of carbonyl (C=O) groups is 1. The molecule has 1 aromatic heterocycles. The molecule has 2 heterocycles. The molecular weight excluding hydrogens is 272 g/mol. The Kier molecular flexibility index (Phi) is 5.08. The van der Waals surface area contributed by atoms with Crippen LogP contribution < -0.4 is 10.2 Å². The van der Waals surface area contributed by atoms with Gasteiger partial charge in [0.05, 0.1) is 10.8 Å². The van der Waals surface area contributed by atoms with Crippen molar-refractivity contribution in [2.75, 3.05) is 24.5 Å². The van der Waals surface area contributed by atoms with Crippen molar-refractivity contribution in [3.05, 3.63) is 28.4 Å². The first-order valence-electron chi connectivity index (χ1n) is 7.25. The molecule has 7 nitrogen and oxygen atoms in total. The van der Waals surface area contributed by atoms with Crippen molar-refractivity contribution in [1.82, 2.24) is 10.3 Å². The number of nitrogens with zero attached hydrogens (tertiary/aromatic N) is 3. The van der Waals surface area contributed by atoms with E-state index < -0.39 is 4.92 Å². The smallest absolute Gasteiger partial charge is 0.287 e. The summed E-state index contributed by atoms with van der Waals surface area (Å²) >= 11 is 0. The molecular formula is C14H20N4O3. The first-order valence-corrected chi connectivity index (χ1v) is 7.25. The number of aromatic nitrogens is 1. The molecule has 21 heavy (non-hydrogen) atoms. The summed E-state index contributed by atoms with van der Waals surface area (Å²) in [5.41, 5.74) is -0.0204. The molecule has 1 aliphatic rings. The van der Waals surface area contributed by atoms with Gasteiger partial charge in [-0.2, -0.15) is 0 Å². The van der Waals surface area contributed by atoms with E-state index in [1.54, 1.807) is 6.07 Å². The molecule has 1 saturated heterocycles. The van der Waals surface area contributed by atoms with Gasteiger partial charge in [-0.05, 0) is 25.3 Å². The summed E-state index contributed by atoms with van der Waals surface area (Å²) in [5, 5.41) is 13.6. The van der Waals surface area contributed by atoms with Gasteiger partial charge in [-0.15, -0.1) is 0 Å². The van der Waals surface area contributed by atoms with Crippen molar-refractivity contribution in [3.63, 3.8) is 0 Å². The molecule has 0 aliphatic carbocycles. The number of hydrogen-bond donors (Lipinski definition) is 1. The van der Waals surface area contributed by atoms with Crippen molar-refractivity contribution < 1.29 is 9.72 Å². The maximum atomic E-state index is 12.0. The SMILES string of the molecule is CCCNC(=O)C1CCCN(c2ccc([N+](=O)[O-])cn2)C1. The Morgan fingerprint density at radius 2 is 2.38 bits per heavy atom. The van der Waals surface area contributed by atoms with Gasteiger partial charge in [0.2, 0.25) is 5.91 Å². The molecule has 1 aliphatic heterocycles. The third-order valence-electron chi connectivity index (χ3n) is 3.61. The largest absolute Gasteiger partial charge is 0.356 e. The number of hydrogen-bond acceptors (Lipinski definition) is 5. The lowest BCUT2D eigenvalue weighted by Crippen LogP contribution is -2.43. The van der Waals surface area contributed by atoms with Crippen LogP contribution in [0.25, 0.3) is 0 Å². The van der Waals surface area contributed by atoms with Crippen LogP contribution in [0.15, 0.2) is 18.3 Å². The lowest BCUT2D eigenvalue weighted by atomic mass is 9.97. The highest BCUT2D eigenvalue weighted by Crippen LogP contribution is 2.23. The van der Waals surface area contributed by atoms with Gasteiger partial charge in [-0.25, -0.2) is 4.98 Å². The minimum atomic E-state index is -0.464. The Hall–Kier alpha value is -2.18. The number of nitro groups is 1. The maximum Gasteiger partial charge on any atom is 0.287 e. The Morgan fingerprint density at radius 3 is 3.00 bits per heavy atom. The van der Waals surface area contributed by atoms with E-state index in [1.165, 1.54) is 12.3 Å². The lowest BCUT2D eigenvalue weighted by molar-refractivity contribution is -0.385. The predicted octanol–water partition coefficient (Wildman–Crippen LogP) is 1.73. The van der Waals surface area contributed by atoms with Gasteiger partial charge in [0, 0.05) is 25.7 Å². The lowest BCUT2D eigenvalue weighted by Gasteiger charge is -2.32. The first kappa shape index (κ1) is 15.2. The number of anilines is 1. The zero-order chi connectivity index (χ0) is 15.2. The second-order valence-electron chi connectivity index (χ2n) is 5.21. The number of pyridine rings is 1. The molecule has 2 rings (SSSR count). The highest BCUT2D eigenvalue weighted by atomic mass is 16.6. The third kappa shape index (κ3) is 3.90. The van der Waals surface area contributed by atoms with Crippen LogP contribution in [0.2, 0.25) is 0 Å². The van der Waals surface area contributed by atoms with Crippen LogP contribution in [-0.2, 0) is 4.79 Å². The molecule has 0 radical (unpaired) electrons. The zero-order valence-electron chi connectivity index (χ0n) is 12.1. The summed E-state index contributed by atoms with van der Waals surface area (Å²) in [4.78, 5) is 28.3. The van der Waals surface area contributed by atoms with Gasteiger partial charge in [0.25, 0.3) is 5.69 Å². The summed E-state index contributed by atoms with van der Waals surface area (Å²) < 4.78 is 0. The number of piperidine rings is 1. The fraction of sp³-hybridized carbons (Fsp3) is 0.571. The van der Waals surface area contributed by atoms with Crippen LogP contribution in [0.3, 0.4) is 0 Å². The average molecular weight is 292 g/mol. The van der Waals surface area contributed by atoms with Crippen molar-refractivity contribution in [3.8, 4) is 0 Å².